The molecule has 0 aliphatic carbocycles. The summed E-state index contributed by atoms with van der Waals surface area (Å²) < 4.78 is 16.0. The van der Waals surface area contributed by atoms with E-state index >= 15 is 0 Å². The van der Waals surface area contributed by atoms with Gasteiger partial charge in [-0.05, 0) is 23.3 Å². The zero-order chi connectivity index (χ0) is 17.9. The van der Waals surface area contributed by atoms with Crippen LogP contribution in [0.2, 0.25) is 0 Å². The minimum Gasteiger partial charge on any atom is -0.150 e. The molecule has 0 heterocycles. The molecule has 0 aromatic heterocycles. The van der Waals surface area contributed by atoms with E-state index in [-0.39, 0.29) is 0 Å². The lowest BCUT2D eigenvalue weighted by Crippen LogP contribution is -2.01. The molecule has 0 aromatic rings. The number of unbranched alkanes of at least 4 members (excludes halogenated alkanes) is 10. The maximum absolute atomic E-state index is 11.2. The molecule has 0 amide bonds. The van der Waals surface area contributed by atoms with Crippen molar-refractivity contribution < 1.29 is 9.09 Å². The average Bonchev–Trinajstić information content (AvgIpc) is 2.60. The van der Waals surface area contributed by atoms with Gasteiger partial charge in [0.25, 0.3) is 0 Å². The number of rotatable bonds is 19. The van der Waals surface area contributed by atoms with Crippen molar-refractivity contribution in [3.8, 4) is 0 Å². The summed E-state index contributed by atoms with van der Waals surface area (Å²) in [5.41, 5.74) is 0. The molecule has 1 unspecified atom stereocenters. The van der Waals surface area contributed by atoms with Gasteiger partial charge in [0.2, 0.25) is 0 Å². The Morgan fingerprint density at radius 2 is 1.08 bits per heavy atom. The fourth-order valence-corrected chi connectivity index (χ4v) is 4.11. The summed E-state index contributed by atoms with van der Waals surface area (Å²) in [5.74, 6) is 0.974. The normalized spacial score (nSPS) is 12.1. The predicted molar refractivity (Wildman–Crippen MR) is 108 cm³/mol. The molecule has 24 heavy (non-hydrogen) atoms. The first-order valence-corrected chi connectivity index (χ1v) is 12.1. The van der Waals surface area contributed by atoms with Crippen LogP contribution < -0.4 is 0 Å². The Morgan fingerprint density at radius 3 is 1.54 bits per heavy atom. The lowest BCUT2D eigenvalue weighted by atomic mass is 9.89. The standard InChI is InChI=1S/C21H44O2P/c1-4-6-8-13-17-21(18-14-9-7-5-2)19-15-11-10-12-16-20-24(22)23-3/h21H,4-20H2,1-3H3/q+1. The quantitative estimate of drug-likeness (QED) is 0.171. The van der Waals surface area contributed by atoms with Crippen molar-refractivity contribution in [3.63, 3.8) is 0 Å². The summed E-state index contributed by atoms with van der Waals surface area (Å²) in [5, 5.41) is 0. The molecule has 0 aliphatic rings. The van der Waals surface area contributed by atoms with E-state index < -0.39 is 8.03 Å². The maximum Gasteiger partial charge on any atom is 0.507 e. The summed E-state index contributed by atoms with van der Waals surface area (Å²) >= 11 is 0. The van der Waals surface area contributed by atoms with Crippen molar-refractivity contribution in [1.29, 1.82) is 0 Å². The van der Waals surface area contributed by atoms with E-state index in [1.807, 2.05) is 0 Å². The predicted octanol–water partition coefficient (Wildman–Crippen LogP) is 8.27. The molecule has 144 valence electrons. The molecule has 0 saturated heterocycles. The van der Waals surface area contributed by atoms with Crippen LogP contribution in [-0.4, -0.2) is 13.3 Å². The van der Waals surface area contributed by atoms with E-state index in [0.717, 1.165) is 18.5 Å². The molecular weight excluding hydrogens is 315 g/mol. The van der Waals surface area contributed by atoms with Crippen LogP contribution >= 0.6 is 8.03 Å². The molecule has 1 atom stereocenters. The first kappa shape index (κ1) is 24.1. The Kier molecular flexibility index (Phi) is 19.4. The molecule has 2 nitrogen and oxygen atoms in total. The Hall–Kier alpha value is 0.0600. The van der Waals surface area contributed by atoms with E-state index in [1.54, 1.807) is 7.11 Å². The third kappa shape index (κ3) is 16.9. The van der Waals surface area contributed by atoms with Gasteiger partial charge in [-0.15, -0.1) is 4.52 Å². The fraction of sp³-hybridized carbons (Fsp3) is 1.00. The summed E-state index contributed by atoms with van der Waals surface area (Å²) in [6.07, 6.45) is 22.6. The van der Waals surface area contributed by atoms with E-state index in [0.29, 0.717) is 0 Å². The van der Waals surface area contributed by atoms with Crippen LogP contribution in [0.1, 0.15) is 117 Å². The molecule has 0 rings (SSSR count). The molecule has 3 heteroatoms. The van der Waals surface area contributed by atoms with Gasteiger partial charge >= 0.3 is 8.03 Å². The van der Waals surface area contributed by atoms with Crippen LogP contribution in [0, 0.1) is 5.92 Å². The summed E-state index contributed by atoms with van der Waals surface area (Å²) in [6.45, 7) is 4.59. The molecular formula is C21H44O2P+. The zero-order valence-corrected chi connectivity index (χ0v) is 17.8. The summed E-state index contributed by atoms with van der Waals surface area (Å²) in [7, 11) is 0.158. The Balaban J connectivity index is 3.70. The minimum absolute atomic E-state index is 0.739. The third-order valence-electron chi connectivity index (χ3n) is 5.09. The highest BCUT2D eigenvalue weighted by Crippen LogP contribution is 2.25. The summed E-state index contributed by atoms with van der Waals surface area (Å²) in [4.78, 5) is 0. The monoisotopic (exact) mass is 359 g/mol. The maximum atomic E-state index is 11.2. The van der Waals surface area contributed by atoms with Crippen molar-refractivity contribution >= 4 is 8.03 Å². The van der Waals surface area contributed by atoms with Crippen molar-refractivity contribution in [2.45, 2.75) is 117 Å². The molecule has 0 N–H and O–H groups in total. The highest BCUT2D eigenvalue weighted by Gasteiger charge is 2.12. The Bertz CT molecular complexity index is 257. The van der Waals surface area contributed by atoms with Gasteiger partial charge in [0.1, 0.15) is 0 Å². The Morgan fingerprint density at radius 1 is 0.667 bits per heavy atom. The van der Waals surface area contributed by atoms with Gasteiger partial charge < -0.3 is 0 Å². The lowest BCUT2D eigenvalue weighted by Gasteiger charge is -2.17. The van der Waals surface area contributed by atoms with Crippen LogP contribution in [0.3, 0.4) is 0 Å². The number of hydrogen-bond donors (Lipinski definition) is 0. The van der Waals surface area contributed by atoms with Crippen LogP contribution in [0.4, 0.5) is 0 Å². The van der Waals surface area contributed by atoms with E-state index in [2.05, 4.69) is 13.8 Å². The van der Waals surface area contributed by atoms with Gasteiger partial charge in [0, 0.05) is 0 Å². The molecule has 0 fully saturated rings. The van der Waals surface area contributed by atoms with Gasteiger partial charge in [0.15, 0.2) is 6.16 Å². The molecule has 0 aliphatic heterocycles. The van der Waals surface area contributed by atoms with E-state index in [4.69, 9.17) is 4.52 Å². The van der Waals surface area contributed by atoms with Crippen LogP contribution in [0.15, 0.2) is 0 Å². The van der Waals surface area contributed by atoms with Gasteiger partial charge in [-0.3, -0.25) is 0 Å². The second-order valence-corrected chi connectivity index (χ2v) is 8.84. The molecule has 0 bridgehead atoms. The smallest absolute Gasteiger partial charge is 0.150 e. The zero-order valence-electron chi connectivity index (χ0n) is 16.9. The second kappa shape index (κ2) is 19.4. The topological polar surface area (TPSA) is 26.3 Å². The largest absolute Gasteiger partial charge is 0.507 e. The van der Waals surface area contributed by atoms with Crippen LogP contribution in [0.5, 0.6) is 0 Å². The van der Waals surface area contributed by atoms with Crippen molar-refractivity contribution in [2.75, 3.05) is 13.3 Å². The van der Waals surface area contributed by atoms with Gasteiger partial charge in [-0.2, -0.15) is 0 Å². The van der Waals surface area contributed by atoms with E-state index in [1.165, 1.54) is 96.3 Å². The highest BCUT2D eigenvalue weighted by atomic mass is 31.1. The molecule has 0 aromatic carbocycles. The third-order valence-corrected chi connectivity index (χ3v) is 6.18. The van der Waals surface area contributed by atoms with Gasteiger partial charge in [-0.25, -0.2) is 0 Å². The summed E-state index contributed by atoms with van der Waals surface area (Å²) in [6, 6.07) is 0. The number of hydrogen-bond acceptors (Lipinski definition) is 2. The molecule has 0 saturated carbocycles. The Labute approximate surface area is 153 Å². The van der Waals surface area contributed by atoms with E-state index in [9.17, 15) is 4.57 Å². The van der Waals surface area contributed by atoms with Crippen molar-refractivity contribution in [2.24, 2.45) is 5.92 Å². The SMILES string of the molecule is CCCCCCC(CCCCCC)CCCCCCC[P+](=O)OC. The van der Waals surface area contributed by atoms with Gasteiger partial charge in [0.05, 0.1) is 7.11 Å². The van der Waals surface area contributed by atoms with Gasteiger partial charge in [-0.1, -0.05) is 104 Å². The lowest BCUT2D eigenvalue weighted by molar-refractivity contribution is 0.367. The first-order valence-electron chi connectivity index (χ1n) is 10.7. The first-order chi connectivity index (χ1) is 11.7. The molecule has 0 spiro atoms. The average molecular weight is 360 g/mol. The second-order valence-electron chi connectivity index (χ2n) is 7.36. The van der Waals surface area contributed by atoms with Crippen molar-refractivity contribution in [1.82, 2.24) is 0 Å². The van der Waals surface area contributed by atoms with Crippen LogP contribution in [0.25, 0.3) is 0 Å². The minimum atomic E-state index is -1.38. The highest BCUT2D eigenvalue weighted by molar-refractivity contribution is 7.39. The van der Waals surface area contributed by atoms with Crippen LogP contribution in [-0.2, 0) is 9.09 Å². The fourth-order valence-electron chi connectivity index (χ4n) is 3.45. The van der Waals surface area contributed by atoms with Crippen molar-refractivity contribution in [3.05, 3.63) is 0 Å². The molecule has 0 radical (unpaired) electrons.